The molecule has 0 aliphatic heterocycles. The van der Waals surface area contributed by atoms with E-state index in [0.717, 1.165) is 12.2 Å². The predicted molar refractivity (Wildman–Crippen MR) is 75.1 cm³/mol. The largest absolute Gasteiger partial charge is 0.375 e. The van der Waals surface area contributed by atoms with Gasteiger partial charge in [-0.15, -0.1) is 0 Å². The molecule has 4 nitrogen and oxygen atoms in total. The number of aromatic nitrogens is 1. The topological polar surface area (TPSA) is 55.3 Å². The van der Waals surface area contributed by atoms with Crippen molar-refractivity contribution in [3.05, 3.63) is 36.0 Å². The van der Waals surface area contributed by atoms with Crippen LogP contribution < -0.4 is 11.2 Å². The second-order valence-corrected chi connectivity index (χ2v) is 4.05. The number of aryl methyl sites for hydroxylation is 1. The van der Waals surface area contributed by atoms with Gasteiger partial charge in [0.05, 0.1) is 11.9 Å². The van der Waals surface area contributed by atoms with E-state index in [-0.39, 0.29) is 5.11 Å². The lowest BCUT2D eigenvalue weighted by molar-refractivity contribution is 0.791. The number of para-hydroxylation sites is 1. The van der Waals surface area contributed by atoms with Crippen LogP contribution in [0.4, 0.5) is 0 Å². The summed E-state index contributed by atoms with van der Waals surface area (Å²) in [6, 6.07) is 10.3. The van der Waals surface area contributed by atoms with Crippen LogP contribution in [0.2, 0.25) is 0 Å². The lowest BCUT2D eigenvalue weighted by Gasteiger charge is -2.03. The number of nitrogens with two attached hydrogens (primary N) is 1. The maximum atomic E-state index is 5.30. The molecule has 0 spiro atoms. The fourth-order valence-electron chi connectivity index (χ4n) is 1.85. The SMILES string of the molecule is CCn1c(/C=N/NC(N)=S)cc2ccccc21. The van der Waals surface area contributed by atoms with Gasteiger partial charge in [-0.05, 0) is 31.3 Å². The number of rotatable bonds is 3. The molecule has 1 heterocycles. The van der Waals surface area contributed by atoms with Crippen LogP contribution in [-0.4, -0.2) is 15.9 Å². The Kier molecular flexibility index (Phi) is 3.39. The van der Waals surface area contributed by atoms with Crippen LogP contribution in [-0.2, 0) is 6.54 Å². The Morgan fingerprint density at radius 1 is 1.53 bits per heavy atom. The van der Waals surface area contributed by atoms with Gasteiger partial charge in [0.15, 0.2) is 5.11 Å². The zero-order valence-corrected chi connectivity index (χ0v) is 10.4. The summed E-state index contributed by atoms with van der Waals surface area (Å²) in [5.74, 6) is 0. The van der Waals surface area contributed by atoms with E-state index >= 15 is 0 Å². The van der Waals surface area contributed by atoms with E-state index < -0.39 is 0 Å². The van der Waals surface area contributed by atoms with Gasteiger partial charge in [-0.1, -0.05) is 18.2 Å². The van der Waals surface area contributed by atoms with Crippen LogP contribution in [0.25, 0.3) is 10.9 Å². The van der Waals surface area contributed by atoms with E-state index in [1.165, 1.54) is 10.9 Å². The van der Waals surface area contributed by atoms with Crippen molar-refractivity contribution in [1.82, 2.24) is 9.99 Å². The van der Waals surface area contributed by atoms with Gasteiger partial charge < -0.3 is 10.3 Å². The molecule has 0 saturated heterocycles. The predicted octanol–water partition coefficient (Wildman–Crippen LogP) is 1.83. The second-order valence-electron chi connectivity index (χ2n) is 3.61. The molecule has 0 atom stereocenters. The molecule has 1 aromatic heterocycles. The van der Waals surface area contributed by atoms with Crippen molar-refractivity contribution in [3.8, 4) is 0 Å². The first-order chi connectivity index (χ1) is 8.22. The van der Waals surface area contributed by atoms with E-state index in [9.17, 15) is 0 Å². The molecule has 1 aromatic carbocycles. The summed E-state index contributed by atoms with van der Waals surface area (Å²) in [4.78, 5) is 0. The van der Waals surface area contributed by atoms with Gasteiger partial charge in [0.25, 0.3) is 0 Å². The molecule has 88 valence electrons. The number of nitrogens with one attached hydrogen (secondary N) is 1. The highest BCUT2D eigenvalue weighted by Gasteiger charge is 2.04. The van der Waals surface area contributed by atoms with E-state index in [2.05, 4.69) is 52.4 Å². The van der Waals surface area contributed by atoms with Crippen molar-refractivity contribution >= 4 is 34.4 Å². The molecule has 5 heteroatoms. The number of thiocarbonyl (C=S) groups is 1. The second kappa shape index (κ2) is 4.97. The molecule has 2 rings (SSSR count). The Balaban J connectivity index is 2.39. The summed E-state index contributed by atoms with van der Waals surface area (Å²) in [7, 11) is 0. The van der Waals surface area contributed by atoms with Crippen LogP contribution in [0.5, 0.6) is 0 Å². The van der Waals surface area contributed by atoms with E-state index in [4.69, 9.17) is 5.73 Å². The summed E-state index contributed by atoms with van der Waals surface area (Å²) >= 11 is 4.68. The summed E-state index contributed by atoms with van der Waals surface area (Å²) in [5.41, 5.74) is 10.1. The molecular weight excluding hydrogens is 232 g/mol. The minimum Gasteiger partial charge on any atom is -0.375 e. The van der Waals surface area contributed by atoms with Crippen molar-refractivity contribution in [2.24, 2.45) is 10.8 Å². The molecule has 17 heavy (non-hydrogen) atoms. The summed E-state index contributed by atoms with van der Waals surface area (Å²) < 4.78 is 2.18. The quantitative estimate of drug-likeness (QED) is 0.493. The van der Waals surface area contributed by atoms with Crippen LogP contribution in [0, 0.1) is 0 Å². The molecule has 0 saturated carbocycles. The minimum absolute atomic E-state index is 0.167. The van der Waals surface area contributed by atoms with Gasteiger partial charge in [-0.25, -0.2) is 0 Å². The van der Waals surface area contributed by atoms with Crippen molar-refractivity contribution in [2.45, 2.75) is 13.5 Å². The van der Waals surface area contributed by atoms with Crippen LogP contribution >= 0.6 is 12.2 Å². The maximum Gasteiger partial charge on any atom is 0.184 e. The smallest absolute Gasteiger partial charge is 0.184 e. The Hall–Kier alpha value is -1.88. The van der Waals surface area contributed by atoms with Crippen molar-refractivity contribution in [3.63, 3.8) is 0 Å². The highest BCUT2D eigenvalue weighted by Crippen LogP contribution is 2.18. The zero-order valence-electron chi connectivity index (χ0n) is 9.55. The van der Waals surface area contributed by atoms with E-state index in [0.29, 0.717) is 0 Å². The number of nitrogens with zero attached hydrogens (tertiary/aromatic N) is 2. The fourth-order valence-corrected chi connectivity index (χ4v) is 1.91. The van der Waals surface area contributed by atoms with Gasteiger partial charge in [0.1, 0.15) is 0 Å². The van der Waals surface area contributed by atoms with Gasteiger partial charge in [0, 0.05) is 17.4 Å². The van der Waals surface area contributed by atoms with Crippen LogP contribution in [0.3, 0.4) is 0 Å². The first-order valence-electron chi connectivity index (χ1n) is 5.39. The fraction of sp³-hybridized carbons (Fsp3) is 0.167. The molecule has 0 fully saturated rings. The van der Waals surface area contributed by atoms with Crippen LogP contribution in [0.1, 0.15) is 12.6 Å². The number of fused-ring (bicyclic) bond motifs is 1. The maximum absolute atomic E-state index is 5.30. The molecule has 0 amide bonds. The average Bonchev–Trinajstić information content (AvgIpc) is 2.66. The zero-order chi connectivity index (χ0) is 12.3. The van der Waals surface area contributed by atoms with Crippen molar-refractivity contribution in [1.29, 1.82) is 0 Å². The molecule has 0 aliphatic carbocycles. The molecule has 3 N–H and O–H groups in total. The third kappa shape index (κ3) is 2.45. The highest BCUT2D eigenvalue weighted by molar-refractivity contribution is 7.80. The van der Waals surface area contributed by atoms with Crippen molar-refractivity contribution in [2.75, 3.05) is 0 Å². The molecule has 0 aliphatic rings. The highest BCUT2D eigenvalue weighted by atomic mass is 32.1. The van der Waals surface area contributed by atoms with Gasteiger partial charge >= 0.3 is 0 Å². The van der Waals surface area contributed by atoms with Gasteiger partial charge in [-0.3, -0.25) is 5.43 Å². The van der Waals surface area contributed by atoms with Gasteiger partial charge in [-0.2, -0.15) is 5.10 Å². The summed E-state index contributed by atoms with van der Waals surface area (Å²) in [6.45, 7) is 2.99. The Morgan fingerprint density at radius 2 is 2.29 bits per heavy atom. The third-order valence-corrected chi connectivity index (χ3v) is 2.62. The first-order valence-corrected chi connectivity index (χ1v) is 5.80. The van der Waals surface area contributed by atoms with Crippen molar-refractivity contribution < 1.29 is 0 Å². The Morgan fingerprint density at radius 3 is 3.00 bits per heavy atom. The molecule has 0 unspecified atom stereocenters. The number of hydrogen-bond donors (Lipinski definition) is 2. The first kappa shape index (κ1) is 11.6. The molecule has 2 aromatic rings. The minimum atomic E-state index is 0.167. The normalized spacial score (nSPS) is 11.1. The molecular formula is C12H14N4S. The lowest BCUT2D eigenvalue weighted by Crippen LogP contribution is -2.24. The monoisotopic (exact) mass is 246 g/mol. The Bertz CT molecular complexity index is 571. The number of hydrazone groups is 1. The number of benzene rings is 1. The Labute approximate surface area is 105 Å². The van der Waals surface area contributed by atoms with Crippen LogP contribution in [0.15, 0.2) is 35.4 Å². The molecule has 0 bridgehead atoms. The van der Waals surface area contributed by atoms with E-state index in [1.807, 2.05) is 12.1 Å². The van der Waals surface area contributed by atoms with Gasteiger partial charge in [0.2, 0.25) is 0 Å². The summed E-state index contributed by atoms with van der Waals surface area (Å²) in [5, 5.41) is 5.35. The summed E-state index contributed by atoms with van der Waals surface area (Å²) in [6.07, 6.45) is 1.72. The molecule has 0 radical (unpaired) electrons. The third-order valence-electron chi connectivity index (χ3n) is 2.53. The number of hydrogen-bond acceptors (Lipinski definition) is 2. The average molecular weight is 246 g/mol. The van der Waals surface area contributed by atoms with E-state index in [1.54, 1.807) is 6.21 Å². The standard InChI is InChI=1S/C12H14N4S/c1-2-16-10(8-14-15-12(13)17)7-9-5-3-4-6-11(9)16/h3-8H,2H2,1H3,(H3,13,15,17)/b14-8+. The lowest BCUT2D eigenvalue weighted by atomic mass is 10.2.